The highest BCUT2D eigenvalue weighted by Crippen LogP contribution is 2.31. The second kappa shape index (κ2) is 8.11. The summed E-state index contributed by atoms with van der Waals surface area (Å²) in [5, 5.41) is 9.13. The van der Waals surface area contributed by atoms with E-state index in [9.17, 15) is 14.4 Å². The van der Waals surface area contributed by atoms with Gasteiger partial charge in [-0.3, -0.25) is 19.4 Å². The molecule has 1 rings (SSSR count). The molecule has 0 spiro atoms. The van der Waals surface area contributed by atoms with Crippen molar-refractivity contribution in [1.82, 2.24) is 4.98 Å². The van der Waals surface area contributed by atoms with Gasteiger partial charge in [0.25, 0.3) is 0 Å². The van der Waals surface area contributed by atoms with Crippen LogP contribution in [-0.4, -0.2) is 41.2 Å². The van der Waals surface area contributed by atoms with E-state index in [0.717, 1.165) is 0 Å². The zero-order valence-electron chi connectivity index (χ0n) is 12.6. The zero-order chi connectivity index (χ0) is 16.6. The highest BCUT2D eigenvalue weighted by atomic mass is 16.6. The molecular formula is C15H19NO6. The van der Waals surface area contributed by atoms with Gasteiger partial charge in [-0.05, 0) is 38.0 Å². The standard InChI is InChI=1S/C15H19NO6/c1-3-21-13(19)15(10-12(17)18,14(20)22-4-2)9-11-5-7-16-8-6-11/h5-8H,3-4,9-10H2,1-2H3,(H,17,18). The first-order chi connectivity index (χ1) is 10.5. The SMILES string of the molecule is CCOC(=O)C(CC(=O)O)(Cc1ccncc1)C(=O)OCC. The summed E-state index contributed by atoms with van der Waals surface area (Å²) >= 11 is 0. The van der Waals surface area contributed by atoms with Crippen LogP contribution >= 0.6 is 0 Å². The molecule has 0 saturated carbocycles. The minimum atomic E-state index is -1.90. The summed E-state index contributed by atoms with van der Waals surface area (Å²) in [5.74, 6) is -3.07. The topological polar surface area (TPSA) is 103 Å². The van der Waals surface area contributed by atoms with Crippen molar-refractivity contribution in [2.24, 2.45) is 5.41 Å². The lowest BCUT2D eigenvalue weighted by molar-refractivity contribution is -0.176. The fraction of sp³-hybridized carbons (Fsp3) is 0.467. The Bertz CT molecular complexity index is 510. The molecule has 0 fully saturated rings. The number of ether oxygens (including phenoxy) is 2. The average molecular weight is 309 g/mol. The van der Waals surface area contributed by atoms with E-state index < -0.39 is 29.7 Å². The summed E-state index contributed by atoms with van der Waals surface area (Å²) in [6.07, 6.45) is 2.17. The van der Waals surface area contributed by atoms with E-state index in [1.807, 2.05) is 0 Å². The molecule has 120 valence electrons. The summed E-state index contributed by atoms with van der Waals surface area (Å²) in [6, 6.07) is 3.21. The molecule has 7 nitrogen and oxygen atoms in total. The van der Waals surface area contributed by atoms with Gasteiger partial charge in [-0.25, -0.2) is 0 Å². The van der Waals surface area contributed by atoms with Crippen LogP contribution in [0.4, 0.5) is 0 Å². The molecule has 1 aromatic rings. The first-order valence-corrected chi connectivity index (χ1v) is 6.91. The maximum absolute atomic E-state index is 12.3. The summed E-state index contributed by atoms with van der Waals surface area (Å²) in [5.41, 5.74) is -1.31. The molecule has 0 aliphatic heterocycles. The number of rotatable bonds is 8. The second-order valence-corrected chi connectivity index (χ2v) is 4.63. The lowest BCUT2D eigenvalue weighted by atomic mass is 9.78. The number of carbonyl (C=O) groups excluding carboxylic acids is 2. The number of aromatic nitrogens is 1. The Morgan fingerprint density at radius 1 is 1.09 bits per heavy atom. The molecule has 0 amide bonds. The molecule has 1 heterocycles. The normalized spacial score (nSPS) is 10.8. The van der Waals surface area contributed by atoms with Crippen LogP contribution < -0.4 is 0 Å². The van der Waals surface area contributed by atoms with E-state index in [-0.39, 0.29) is 19.6 Å². The third kappa shape index (κ3) is 4.28. The van der Waals surface area contributed by atoms with Crippen molar-refractivity contribution >= 4 is 17.9 Å². The largest absolute Gasteiger partial charge is 0.481 e. The fourth-order valence-electron chi connectivity index (χ4n) is 2.08. The number of nitrogens with zero attached hydrogens (tertiary/aromatic N) is 1. The van der Waals surface area contributed by atoms with Crippen LogP contribution in [0, 0.1) is 5.41 Å². The van der Waals surface area contributed by atoms with Crippen molar-refractivity contribution < 1.29 is 29.0 Å². The number of hydrogen-bond donors (Lipinski definition) is 1. The Hall–Kier alpha value is -2.44. The average Bonchev–Trinajstić information content (AvgIpc) is 2.47. The Labute approximate surface area is 128 Å². The first kappa shape index (κ1) is 17.6. The van der Waals surface area contributed by atoms with Crippen molar-refractivity contribution in [3.63, 3.8) is 0 Å². The van der Waals surface area contributed by atoms with Crippen LogP contribution in [0.2, 0.25) is 0 Å². The van der Waals surface area contributed by atoms with Gasteiger partial charge in [-0.15, -0.1) is 0 Å². The smallest absolute Gasteiger partial charge is 0.324 e. The predicted molar refractivity (Wildman–Crippen MR) is 75.9 cm³/mol. The van der Waals surface area contributed by atoms with E-state index in [0.29, 0.717) is 5.56 Å². The van der Waals surface area contributed by atoms with Gasteiger partial charge in [0.1, 0.15) is 0 Å². The molecule has 22 heavy (non-hydrogen) atoms. The van der Waals surface area contributed by atoms with E-state index in [2.05, 4.69) is 4.98 Å². The summed E-state index contributed by atoms with van der Waals surface area (Å²) in [7, 11) is 0. The summed E-state index contributed by atoms with van der Waals surface area (Å²) in [6.45, 7) is 3.24. The van der Waals surface area contributed by atoms with Gasteiger partial charge >= 0.3 is 17.9 Å². The number of pyridine rings is 1. The molecule has 0 aliphatic rings. The van der Waals surface area contributed by atoms with Gasteiger partial charge in [-0.2, -0.15) is 0 Å². The number of hydrogen-bond acceptors (Lipinski definition) is 6. The van der Waals surface area contributed by atoms with Crippen LogP contribution in [0.5, 0.6) is 0 Å². The molecule has 0 atom stereocenters. The van der Waals surface area contributed by atoms with E-state index in [1.54, 1.807) is 26.0 Å². The van der Waals surface area contributed by atoms with Crippen LogP contribution in [0.1, 0.15) is 25.8 Å². The fourth-order valence-corrected chi connectivity index (χ4v) is 2.08. The molecule has 0 unspecified atom stereocenters. The van der Waals surface area contributed by atoms with Gasteiger partial charge in [0.2, 0.25) is 0 Å². The third-order valence-electron chi connectivity index (χ3n) is 3.04. The predicted octanol–water partition coefficient (Wildman–Crippen LogP) is 1.21. The summed E-state index contributed by atoms with van der Waals surface area (Å²) in [4.78, 5) is 39.7. The van der Waals surface area contributed by atoms with Crippen molar-refractivity contribution in [3.8, 4) is 0 Å². The van der Waals surface area contributed by atoms with Crippen LogP contribution in [0.25, 0.3) is 0 Å². The molecule has 7 heteroatoms. The zero-order valence-corrected chi connectivity index (χ0v) is 12.6. The maximum atomic E-state index is 12.3. The van der Waals surface area contributed by atoms with Crippen molar-refractivity contribution in [2.75, 3.05) is 13.2 Å². The van der Waals surface area contributed by atoms with Crippen LogP contribution in [0.15, 0.2) is 24.5 Å². The van der Waals surface area contributed by atoms with Crippen LogP contribution in [0.3, 0.4) is 0 Å². The van der Waals surface area contributed by atoms with Gasteiger partial charge in [-0.1, -0.05) is 0 Å². The minimum Gasteiger partial charge on any atom is -0.481 e. The molecular weight excluding hydrogens is 290 g/mol. The van der Waals surface area contributed by atoms with E-state index in [4.69, 9.17) is 14.6 Å². The number of esters is 2. The molecule has 0 aromatic carbocycles. The lowest BCUT2D eigenvalue weighted by Crippen LogP contribution is -2.45. The molecule has 0 aliphatic carbocycles. The number of aliphatic carboxylic acids is 1. The number of carbonyl (C=O) groups is 3. The van der Waals surface area contributed by atoms with E-state index in [1.165, 1.54) is 12.4 Å². The highest BCUT2D eigenvalue weighted by Gasteiger charge is 2.50. The Kier molecular flexibility index (Phi) is 6.49. The number of carboxylic acid groups (broad SMARTS) is 1. The molecule has 0 bridgehead atoms. The van der Waals surface area contributed by atoms with Gasteiger partial charge in [0, 0.05) is 12.4 Å². The van der Waals surface area contributed by atoms with Gasteiger partial charge < -0.3 is 14.6 Å². The Morgan fingerprint density at radius 2 is 1.59 bits per heavy atom. The molecule has 0 radical (unpaired) electrons. The molecule has 1 aromatic heterocycles. The van der Waals surface area contributed by atoms with E-state index >= 15 is 0 Å². The first-order valence-electron chi connectivity index (χ1n) is 6.91. The van der Waals surface area contributed by atoms with Gasteiger partial charge in [0.05, 0.1) is 19.6 Å². The highest BCUT2D eigenvalue weighted by molar-refractivity contribution is 6.03. The quantitative estimate of drug-likeness (QED) is 0.568. The third-order valence-corrected chi connectivity index (χ3v) is 3.04. The van der Waals surface area contributed by atoms with Crippen LogP contribution in [-0.2, 0) is 30.3 Å². The molecule has 0 saturated heterocycles. The number of carboxylic acids is 1. The summed E-state index contributed by atoms with van der Waals surface area (Å²) < 4.78 is 9.86. The second-order valence-electron chi connectivity index (χ2n) is 4.63. The monoisotopic (exact) mass is 309 g/mol. The van der Waals surface area contributed by atoms with Crippen molar-refractivity contribution in [2.45, 2.75) is 26.7 Å². The minimum absolute atomic E-state index is 0.0377. The maximum Gasteiger partial charge on any atom is 0.324 e. The van der Waals surface area contributed by atoms with Gasteiger partial charge in [0.15, 0.2) is 5.41 Å². The van der Waals surface area contributed by atoms with Crippen molar-refractivity contribution in [1.29, 1.82) is 0 Å². The Morgan fingerprint density at radius 3 is 2.00 bits per heavy atom. The molecule has 1 N–H and O–H groups in total. The Balaban J connectivity index is 3.26. The lowest BCUT2D eigenvalue weighted by Gasteiger charge is -2.27. The van der Waals surface area contributed by atoms with Crippen molar-refractivity contribution in [3.05, 3.63) is 30.1 Å².